The molecule has 1 saturated heterocycles. The van der Waals surface area contributed by atoms with E-state index in [-0.39, 0.29) is 17.5 Å². The van der Waals surface area contributed by atoms with Gasteiger partial charge in [0, 0.05) is 51.8 Å². The lowest BCUT2D eigenvalue weighted by Crippen LogP contribution is -2.44. The Balaban J connectivity index is 1.54. The van der Waals surface area contributed by atoms with Crippen molar-refractivity contribution < 1.29 is 9.59 Å². The number of Topliss-reactive ketones (excluding diaryl/α,β-unsaturated/α-hetero) is 2. The summed E-state index contributed by atoms with van der Waals surface area (Å²) in [5.41, 5.74) is 0.884. The van der Waals surface area contributed by atoms with Crippen molar-refractivity contribution in [2.75, 3.05) is 39.3 Å². The molecule has 5 nitrogen and oxygen atoms in total. The second kappa shape index (κ2) is 9.09. The number of ketones is 2. The minimum Gasteiger partial charge on any atom is -0.314 e. The molecule has 1 aromatic rings. The topological polar surface area (TPSA) is 61.8 Å². The highest BCUT2D eigenvalue weighted by Crippen LogP contribution is 2.34. The van der Waals surface area contributed by atoms with E-state index in [1.807, 2.05) is 6.07 Å². The lowest BCUT2D eigenvalue weighted by Gasteiger charge is -2.26. The Morgan fingerprint density at radius 2 is 1.81 bits per heavy atom. The summed E-state index contributed by atoms with van der Waals surface area (Å²) in [5.74, 6) is -0.959. The molecule has 0 unspecified atom stereocenters. The number of piperazine rings is 1. The first-order chi connectivity index (χ1) is 12.5. The maximum Gasteiger partial charge on any atom is 0.149 e. The van der Waals surface area contributed by atoms with Gasteiger partial charge in [-0.1, -0.05) is 29.3 Å². The first kappa shape index (κ1) is 19.5. The zero-order valence-corrected chi connectivity index (χ0v) is 16.1. The van der Waals surface area contributed by atoms with Crippen LogP contribution in [0.4, 0.5) is 0 Å². The first-order valence-electron chi connectivity index (χ1n) is 8.98. The van der Waals surface area contributed by atoms with Gasteiger partial charge < -0.3 is 5.32 Å². The highest BCUT2D eigenvalue weighted by Gasteiger charge is 2.35. The molecule has 1 saturated carbocycles. The molecular formula is C19H23Cl2N3O2. The third kappa shape index (κ3) is 4.92. The van der Waals surface area contributed by atoms with Crippen LogP contribution in [0.25, 0.3) is 0 Å². The van der Waals surface area contributed by atoms with Gasteiger partial charge in [-0.3, -0.25) is 19.5 Å². The Morgan fingerprint density at radius 3 is 2.46 bits per heavy atom. The second-order valence-corrected chi connectivity index (χ2v) is 7.65. The van der Waals surface area contributed by atoms with E-state index in [0.717, 1.165) is 38.3 Å². The van der Waals surface area contributed by atoms with Crippen molar-refractivity contribution in [3.8, 4) is 0 Å². The molecule has 0 aromatic heterocycles. The quantitative estimate of drug-likeness (QED) is 0.614. The normalized spacial score (nSPS) is 25.2. The Labute approximate surface area is 163 Å². The molecule has 1 aliphatic heterocycles. The summed E-state index contributed by atoms with van der Waals surface area (Å²) in [5, 5.41) is 4.22. The first-order valence-corrected chi connectivity index (χ1v) is 9.73. The Kier molecular flexibility index (Phi) is 6.81. The third-order valence-corrected chi connectivity index (χ3v) is 5.75. The molecule has 2 fully saturated rings. The fraction of sp³-hybridized carbons (Fsp3) is 0.526. The van der Waals surface area contributed by atoms with Gasteiger partial charge in [0.2, 0.25) is 0 Å². The number of benzene rings is 1. The molecule has 7 heteroatoms. The van der Waals surface area contributed by atoms with Gasteiger partial charge in [-0.2, -0.15) is 0 Å². The highest BCUT2D eigenvalue weighted by atomic mass is 35.5. The van der Waals surface area contributed by atoms with Crippen molar-refractivity contribution in [2.45, 2.75) is 18.8 Å². The summed E-state index contributed by atoms with van der Waals surface area (Å²) in [6.45, 7) is 5.51. The number of rotatable bonds is 5. The molecule has 0 radical (unpaired) electrons. The van der Waals surface area contributed by atoms with Crippen LogP contribution in [0.15, 0.2) is 23.2 Å². The monoisotopic (exact) mass is 395 g/mol. The van der Waals surface area contributed by atoms with Crippen molar-refractivity contribution in [1.82, 2.24) is 10.2 Å². The fourth-order valence-electron chi connectivity index (χ4n) is 3.47. The average Bonchev–Trinajstić information content (AvgIpc) is 2.63. The maximum atomic E-state index is 12.4. The van der Waals surface area contributed by atoms with Gasteiger partial charge in [-0.05, 0) is 23.6 Å². The zero-order valence-electron chi connectivity index (χ0n) is 14.6. The largest absolute Gasteiger partial charge is 0.314 e. The van der Waals surface area contributed by atoms with Crippen LogP contribution in [0.3, 0.4) is 0 Å². The molecule has 0 amide bonds. The van der Waals surface area contributed by atoms with E-state index in [1.54, 1.807) is 18.3 Å². The van der Waals surface area contributed by atoms with E-state index in [9.17, 15) is 9.59 Å². The van der Waals surface area contributed by atoms with Gasteiger partial charge >= 0.3 is 0 Å². The summed E-state index contributed by atoms with van der Waals surface area (Å²) in [6, 6.07) is 5.29. The van der Waals surface area contributed by atoms with Crippen molar-refractivity contribution in [2.24, 2.45) is 10.9 Å². The molecule has 0 spiro atoms. The third-order valence-electron chi connectivity index (χ3n) is 5.01. The number of nitrogens with zero attached hydrogens (tertiary/aromatic N) is 2. The van der Waals surface area contributed by atoms with Crippen molar-refractivity contribution >= 4 is 41.0 Å². The second-order valence-electron chi connectivity index (χ2n) is 6.84. The van der Waals surface area contributed by atoms with E-state index >= 15 is 0 Å². The average molecular weight is 396 g/mol. The Bertz CT molecular complexity index is 684. The minimum absolute atomic E-state index is 0.0664. The number of halogens is 2. The summed E-state index contributed by atoms with van der Waals surface area (Å²) < 4.78 is 0. The van der Waals surface area contributed by atoms with Crippen LogP contribution in [0.2, 0.25) is 10.0 Å². The van der Waals surface area contributed by atoms with Crippen LogP contribution < -0.4 is 5.32 Å². The summed E-state index contributed by atoms with van der Waals surface area (Å²) in [4.78, 5) is 31.6. The van der Waals surface area contributed by atoms with Crippen LogP contribution in [0, 0.1) is 5.92 Å². The molecule has 0 atom stereocenters. The maximum absolute atomic E-state index is 12.4. The van der Waals surface area contributed by atoms with Crippen molar-refractivity contribution in [3.63, 3.8) is 0 Å². The molecule has 1 N–H and O–H groups in total. The number of carbonyl (C=O) groups excluding carboxylic acids is 2. The van der Waals surface area contributed by atoms with Crippen LogP contribution in [-0.2, 0) is 9.59 Å². The SMILES string of the molecule is O=C1CC(c2ccc(Cl)c(Cl)c2)CC(=O)C1C=NCCN1CCNCC1. The molecule has 1 aromatic carbocycles. The molecular weight excluding hydrogens is 373 g/mol. The Hall–Kier alpha value is -1.27. The number of carbonyl (C=O) groups is 2. The lowest BCUT2D eigenvalue weighted by molar-refractivity contribution is -0.133. The van der Waals surface area contributed by atoms with E-state index in [2.05, 4.69) is 15.2 Å². The molecule has 140 valence electrons. The van der Waals surface area contributed by atoms with Gasteiger partial charge in [0.05, 0.1) is 16.6 Å². The van der Waals surface area contributed by atoms with Crippen molar-refractivity contribution in [3.05, 3.63) is 33.8 Å². The predicted octanol–water partition coefficient (Wildman–Crippen LogP) is 2.60. The fourth-order valence-corrected chi connectivity index (χ4v) is 3.78. The van der Waals surface area contributed by atoms with Crippen LogP contribution in [-0.4, -0.2) is 61.9 Å². The Morgan fingerprint density at radius 1 is 1.12 bits per heavy atom. The predicted molar refractivity (Wildman–Crippen MR) is 105 cm³/mol. The van der Waals surface area contributed by atoms with Gasteiger partial charge in [-0.25, -0.2) is 0 Å². The molecule has 26 heavy (non-hydrogen) atoms. The summed E-state index contributed by atoms with van der Waals surface area (Å²) in [7, 11) is 0. The van der Waals surface area contributed by atoms with E-state index < -0.39 is 5.92 Å². The van der Waals surface area contributed by atoms with Gasteiger partial charge in [0.15, 0.2) is 0 Å². The van der Waals surface area contributed by atoms with E-state index in [0.29, 0.717) is 29.4 Å². The molecule has 1 aliphatic carbocycles. The number of hydrogen-bond donors (Lipinski definition) is 1. The molecule has 2 aliphatic rings. The summed E-state index contributed by atoms with van der Waals surface area (Å²) >= 11 is 12.0. The van der Waals surface area contributed by atoms with Crippen LogP contribution >= 0.6 is 23.2 Å². The number of aliphatic imine (C=N–C) groups is 1. The smallest absolute Gasteiger partial charge is 0.149 e. The number of hydrogen-bond acceptors (Lipinski definition) is 5. The van der Waals surface area contributed by atoms with Crippen LogP contribution in [0.1, 0.15) is 24.3 Å². The molecule has 0 bridgehead atoms. The van der Waals surface area contributed by atoms with E-state index in [4.69, 9.17) is 23.2 Å². The zero-order chi connectivity index (χ0) is 18.5. The minimum atomic E-state index is -0.697. The number of nitrogens with one attached hydrogen (secondary N) is 1. The summed E-state index contributed by atoms with van der Waals surface area (Å²) in [6.07, 6.45) is 2.22. The van der Waals surface area contributed by atoms with Gasteiger partial charge in [-0.15, -0.1) is 0 Å². The van der Waals surface area contributed by atoms with Crippen LogP contribution in [0.5, 0.6) is 0 Å². The highest BCUT2D eigenvalue weighted by molar-refractivity contribution is 6.42. The van der Waals surface area contributed by atoms with E-state index in [1.165, 1.54) is 0 Å². The standard InChI is InChI=1S/C19H23Cl2N3O2/c20-16-2-1-13(9-17(16)21)14-10-18(25)15(19(26)11-14)12-23-5-8-24-6-3-22-4-7-24/h1-2,9,12,14-15,22H,3-8,10-11H2. The molecule has 1 heterocycles. The van der Waals surface area contributed by atoms with Gasteiger partial charge in [0.25, 0.3) is 0 Å². The molecule has 3 rings (SSSR count). The van der Waals surface area contributed by atoms with Crippen molar-refractivity contribution in [1.29, 1.82) is 0 Å². The van der Waals surface area contributed by atoms with Gasteiger partial charge in [0.1, 0.15) is 17.5 Å². The lowest BCUT2D eigenvalue weighted by atomic mass is 9.77.